The van der Waals surface area contributed by atoms with Gasteiger partial charge in [0, 0.05) is 92.7 Å². The number of aromatic nitrogens is 3. The van der Waals surface area contributed by atoms with Gasteiger partial charge in [0.1, 0.15) is 16.4 Å². The number of pyridine rings is 2. The second-order valence-electron chi connectivity index (χ2n) is 12.9. The molecular formula is C34H42F3N9O3S. The van der Waals surface area contributed by atoms with Crippen LogP contribution in [0.3, 0.4) is 0 Å². The van der Waals surface area contributed by atoms with Crippen molar-refractivity contribution < 1.29 is 22.8 Å². The van der Waals surface area contributed by atoms with E-state index < -0.39 is 29.2 Å². The zero-order valence-electron chi connectivity index (χ0n) is 28.7. The Morgan fingerprint density at radius 3 is 2.46 bits per heavy atom. The normalized spacial score (nSPS) is 14.4. The number of anilines is 1. The van der Waals surface area contributed by atoms with Crippen LogP contribution in [0.4, 0.5) is 23.8 Å². The molecule has 3 aromatic heterocycles. The van der Waals surface area contributed by atoms with E-state index in [9.17, 15) is 27.6 Å². The van der Waals surface area contributed by atoms with Crippen LogP contribution in [0.15, 0.2) is 46.8 Å². The number of carbonyl (C=O) groups is 2. The second kappa shape index (κ2) is 15.7. The van der Waals surface area contributed by atoms with Crippen molar-refractivity contribution in [3.05, 3.63) is 63.5 Å². The summed E-state index contributed by atoms with van der Waals surface area (Å²) in [6.45, 7) is 9.47. The van der Waals surface area contributed by atoms with Gasteiger partial charge in [0.15, 0.2) is 5.69 Å². The number of nitrogens with one attached hydrogen (secondary N) is 3. The van der Waals surface area contributed by atoms with E-state index in [4.69, 9.17) is 0 Å². The maximum Gasteiger partial charge on any atom is 0.434 e. The Balaban J connectivity index is 1.59. The van der Waals surface area contributed by atoms with Gasteiger partial charge in [0.05, 0.1) is 5.52 Å². The van der Waals surface area contributed by atoms with Gasteiger partial charge in [-0.25, -0.2) is 14.8 Å². The molecule has 4 heterocycles. The lowest BCUT2D eigenvalue weighted by molar-refractivity contribution is -0.140. The molecule has 50 heavy (non-hydrogen) atoms. The van der Waals surface area contributed by atoms with Crippen molar-refractivity contribution in [2.45, 2.75) is 32.6 Å². The van der Waals surface area contributed by atoms with Crippen LogP contribution in [-0.4, -0.2) is 114 Å². The van der Waals surface area contributed by atoms with Gasteiger partial charge in [0.2, 0.25) is 5.43 Å². The van der Waals surface area contributed by atoms with Crippen LogP contribution in [0, 0.1) is 0 Å². The average Bonchev–Trinajstić information content (AvgIpc) is 3.56. The Morgan fingerprint density at radius 2 is 1.80 bits per heavy atom. The highest BCUT2D eigenvalue weighted by molar-refractivity contribution is 7.13. The highest BCUT2D eigenvalue weighted by Crippen LogP contribution is 2.39. The number of hydrogen-bond donors (Lipinski definition) is 3. The van der Waals surface area contributed by atoms with Gasteiger partial charge in [-0.05, 0) is 58.8 Å². The smallest absolute Gasteiger partial charge is 0.351 e. The van der Waals surface area contributed by atoms with Gasteiger partial charge in [-0.1, -0.05) is 6.07 Å². The lowest BCUT2D eigenvalue weighted by atomic mass is 9.99. The fraction of sp³-hybridized carbons (Fsp3) is 0.441. The molecule has 1 aliphatic rings. The predicted octanol–water partition coefficient (Wildman–Crippen LogP) is 4.27. The third-order valence-electron chi connectivity index (χ3n) is 8.32. The molecule has 5 rings (SSSR count). The topological polar surface area (TPSA) is 128 Å². The van der Waals surface area contributed by atoms with E-state index in [1.807, 2.05) is 23.6 Å². The number of likely N-dealkylation sites (N-methyl/N-ethyl adjacent to an activating group) is 2. The van der Waals surface area contributed by atoms with Crippen molar-refractivity contribution >= 4 is 40.0 Å². The molecule has 0 spiro atoms. The van der Waals surface area contributed by atoms with Crippen LogP contribution in [0.2, 0.25) is 0 Å². The van der Waals surface area contributed by atoms with Crippen LogP contribution in [-0.2, 0) is 12.7 Å². The number of rotatable bonds is 11. The molecule has 0 aliphatic carbocycles. The summed E-state index contributed by atoms with van der Waals surface area (Å²) in [5.74, 6) is -0.383. The predicted molar refractivity (Wildman–Crippen MR) is 190 cm³/mol. The fourth-order valence-electron chi connectivity index (χ4n) is 5.59. The van der Waals surface area contributed by atoms with Crippen molar-refractivity contribution in [2.75, 3.05) is 72.3 Å². The summed E-state index contributed by atoms with van der Waals surface area (Å²) >= 11 is 0.805. The number of halogens is 3. The van der Waals surface area contributed by atoms with E-state index >= 15 is 0 Å². The van der Waals surface area contributed by atoms with Crippen molar-refractivity contribution in [3.8, 4) is 21.7 Å². The molecule has 0 unspecified atom stereocenters. The van der Waals surface area contributed by atoms with Gasteiger partial charge in [0.25, 0.3) is 5.91 Å². The molecule has 1 saturated heterocycles. The monoisotopic (exact) mass is 713 g/mol. The standard InChI is InChI=1S/C34H42F3N9O3S/c1-21(2)40-33(49)42-29-17-23(32-41-28(20-50-32)34(35,36)37)25(18-39-29)22-6-7-27-24(16-22)30(47)26(31(48)38-8-9-43(3)4)19-46(27)15-14-45-12-10-44(5)11-13-45/h6-7,16-21H,8-15H2,1-5H3,(H,38,48)(H2,39,40,42,49). The molecule has 16 heteroatoms. The average molecular weight is 714 g/mol. The van der Waals surface area contributed by atoms with Gasteiger partial charge in [-0.3, -0.25) is 19.8 Å². The fourth-order valence-corrected chi connectivity index (χ4v) is 6.45. The van der Waals surface area contributed by atoms with Gasteiger partial charge in [-0.2, -0.15) is 13.2 Å². The number of amides is 3. The van der Waals surface area contributed by atoms with Crippen molar-refractivity contribution in [1.82, 2.24) is 39.9 Å². The number of benzene rings is 1. The minimum atomic E-state index is -4.65. The lowest BCUT2D eigenvalue weighted by Gasteiger charge is -2.32. The zero-order valence-corrected chi connectivity index (χ0v) is 29.5. The first-order valence-electron chi connectivity index (χ1n) is 16.3. The third kappa shape index (κ3) is 9.04. The number of hydrogen-bond acceptors (Lipinski definition) is 9. The van der Waals surface area contributed by atoms with Crippen LogP contribution >= 0.6 is 11.3 Å². The second-order valence-corrected chi connectivity index (χ2v) is 13.8. The minimum Gasteiger partial charge on any atom is -0.351 e. The summed E-state index contributed by atoms with van der Waals surface area (Å²) in [6.07, 6.45) is -1.61. The molecule has 0 radical (unpaired) electrons. The Morgan fingerprint density at radius 1 is 1.06 bits per heavy atom. The first kappa shape index (κ1) is 36.9. The Kier molecular flexibility index (Phi) is 11.6. The number of piperazine rings is 1. The summed E-state index contributed by atoms with van der Waals surface area (Å²) in [6, 6.07) is 5.95. The largest absolute Gasteiger partial charge is 0.434 e. The quantitative estimate of drug-likeness (QED) is 0.211. The molecule has 0 saturated carbocycles. The molecule has 0 bridgehead atoms. The molecule has 268 valence electrons. The zero-order chi connectivity index (χ0) is 36.2. The van der Waals surface area contributed by atoms with E-state index in [1.165, 1.54) is 12.3 Å². The minimum absolute atomic E-state index is 0.00409. The number of alkyl halides is 3. The Hall–Kier alpha value is -4.38. The maximum absolute atomic E-state index is 14.0. The van der Waals surface area contributed by atoms with E-state index in [1.54, 1.807) is 38.2 Å². The maximum atomic E-state index is 14.0. The number of thiazole rings is 1. The van der Waals surface area contributed by atoms with Gasteiger partial charge in [-0.15, -0.1) is 11.3 Å². The number of nitrogens with zero attached hydrogens (tertiary/aromatic N) is 6. The lowest BCUT2D eigenvalue weighted by Crippen LogP contribution is -2.45. The Labute approximate surface area is 292 Å². The van der Waals surface area contributed by atoms with Gasteiger partial charge < -0.3 is 25.0 Å². The molecule has 3 N–H and O–H groups in total. The van der Waals surface area contributed by atoms with Crippen molar-refractivity contribution in [1.29, 1.82) is 0 Å². The van der Waals surface area contributed by atoms with Crippen molar-refractivity contribution in [3.63, 3.8) is 0 Å². The van der Waals surface area contributed by atoms with Crippen LogP contribution in [0.1, 0.15) is 29.9 Å². The van der Waals surface area contributed by atoms with E-state index in [-0.39, 0.29) is 33.4 Å². The summed E-state index contributed by atoms with van der Waals surface area (Å²) in [4.78, 5) is 54.5. The van der Waals surface area contributed by atoms with Crippen LogP contribution in [0.25, 0.3) is 32.6 Å². The summed E-state index contributed by atoms with van der Waals surface area (Å²) in [5.41, 5.74) is 0.266. The summed E-state index contributed by atoms with van der Waals surface area (Å²) in [7, 11) is 5.86. The molecular weight excluding hydrogens is 671 g/mol. The van der Waals surface area contributed by atoms with E-state index in [0.717, 1.165) is 42.9 Å². The summed E-state index contributed by atoms with van der Waals surface area (Å²) < 4.78 is 42.6. The molecule has 0 atom stereocenters. The molecule has 1 aromatic carbocycles. The van der Waals surface area contributed by atoms with Gasteiger partial charge >= 0.3 is 12.2 Å². The van der Waals surface area contributed by atoms with Crippen LogP contribution in [0.5, 0.6) is 0 Å². The SMILES string of the molecule is CC(C)NC(=O)Nc1cc(-c2nc(C(F)(F)F)cs2)c(-c2ccc3c(c2)c(=O)c(C(=O)NCCN(C)C)cn3CCN2CCN(C)CC2)cn1. The third-order valence-corrected chi connectivity index (χ3v) is 9.20. The number of carbonyl (C=O) groups excluding carboxylic acids is 2. The number of urea groups is 1. The highest BCUT2D eigenvalue weighted by Gasteiger charge is 2.34. The molecule has 12 nitrogen and oxygen atoms in total. The van der Waals surface area contributed by atoms with E-state index in [0.29, 0.717) is 42.8 Å². The summed E-state index contributed by atoms with van der Waals surface area (Å²) in [5, 5.41) is 9.41. The molecule has 3 amide bonds. The number of fused-ring (bicyclic) bond motifs is 1. The van der Waals surface area contributed by atoms with E-state index in [2.05, 4.69) is 42.8 Å². The first-order valence-corrected chi connectivity index (χ1v) is 17.2. The molecule has 4 aromatic rings. The molecule has 1 aliphatic heterocycles. The highest BCUT2D eigenvalue weighted by atomic mass is 32.1. The van der Waals surface area contributed by atoms with Crippen LogP contribution < -0.4 is 21.4 Å². The Bertz CT molecular complexity index is 1900. The first-order chi connectivity index (χ1) is 23.7. The van der Waals surface area contributed by atoms with Crippen molar-refractivity contribution in [2.24, 2.45) is 0 Å². The molecule has 1 fully saturated rings.